The van der Waals surface area contributed by atoms with Crippen LogP contribution in [-0.4, -0.2) is 34.4 Å². The van der Waals surface area contributed by atoms with Gasteiger partial charge in [-0.05, 0) is 49.7 Å². The zero-order valence-electron chi connectivity index (χ0n) is 15.9. The zero-order valence-corrected chi connectivity index (χ0v) is 15.9. The van der Waals surface area contributed by atoms with Gasteiger partial charge in [-0.2, -0.15) is 0 Å². The topological polar surface area (TPSA) is 66.4 Å². The molecule has 1 aliphatic rings. The minimum absolute atomic E-state index is 0.322. The SMILES string of the molecule is Cn1cc(C(=O)NNC(=O)c2cccc(CN3CCCC3)c2)c2ccccc21. The number of rotatable bonds is 4. The molecule has 0 unspecified atom stereocenters. The Morgan fingerprint density at radius 3 is 2.54 bits per heavy atom. The molecule has 6 heteroatoms. The third-order valence-electron chi connectivity index (χ3n) is 5.23. The molecule has 2 N–H and O–H groups in total. The number of amides is 2. The molecule has 3 aromatic rings. The van der Waals surface area contributed by atoms with Crippen molar-refractivity contribution in [2.75, 3.05) is 13.1 Å². The number of fused-ring (bicyclic) bond motifs is 1. The van der Waals surface area contributed by atoms with Crippen molar-refractivity contribution >= 4 is 22.7 Å². The van der Waals surface area contributed by atoms with E-state index in [-0.39, 0.29) is 11.8 Å². The number of benzene rings is 2. The van der Waals surface area contributed by atoms with Crippen LogP contribution in [0.15, 0.2) is 54.7 Å². The normalized spacial score (nSPS) is 14.3. The molecule has 4 rings (SSSR count). The lowest BCUT2D eigenvalue weighted by atomic mass is 10.1. The van der Waals surface area contributed by atoms with Crippen molar-refractivity contribution in [1.29, 1.82) is 0 Å². The molecule has 0 saturated carbocycles. The van der Waals surface area contributed by atoms with Gasteiger partial charge >= 0.3 is 0 Å². The molecule has 0 spiro atoms. The Labute approximate surface area is 164 Å². The van der Waals surface area contributed by atoms with Gasteiger partial charge in [-0.3, -0.25) is 25.3 Å². The van der Waals surface area contributed by atoms with Crippen molar-refractivity contribution in [2.45, 2.75) is 19.4 Å². The summed E-state index contributed by atoms with van der Waals surface area (Å²) in [6.45, 7) is 3.07. The number of nitrogens with one attached hydrogen (secondary N) is 2. The van der Waals surface area contributed by atoms with Crippen molar-refractivity contribution in [2.24, 2.45) is 7.05 Å². The molecule has 0 radical (unpaired) electrons. The lowest BCUT2D eigenvalue weighted by Gasteiger charge is -2.15. The highest BCUT2D eigenvalue weighted by Crippen LogP contribution is 2.20. The molecule has 2 heterocycles. The summed E-state index contributed by atoms with van der Waals surface area (Å²) in [6, 6.07) is 15.2. The van der Waals surface area contributed by atoms with Gasteiger partial charge in [0.05, 0.1) is 5.56 Å². The number of nitrogens with zero attached hydrogens (tertiary/aromatic N) is 2. The number of carbonyl (C=O) groups excluding carboxylic acids is 2. The van der Waals surface area contributed by atoms with Crippen LogP contribution in [0.2, 0.25) is 0 Å². The van der Waals surface area contributed by atoms with Gasteiger partial charge in [0, 0.05) is 36.3 Å². The first-order valence-electron chi connectivity index (χ1n) is 9.58. The van der Waals surface area contributed by atoms with Crippen LogP contribution in [0.1, 0.15) is 39.1 Å². The largest absolute Gasteiger partial charge is 0.350 e. The van der Waals surface area contributed by atoms with E-state index in [2.05, 4.69) is 15.8 Å². The molecule has 0 atom stereocenters. The van der Waals surface area contributed by atoms with Gasteiger partial charge in [-0.1, -0.05) is 30.3 Å². The molecule has 1 saturated heterocycles. The average Bonchev–Trinajstić information content (AvgIpc) is 3.34. The first-order chi connectivity index (χ1) is 13.6. The predicted molar refractivity (Wildman–Crippen MR) is 109 cm³/mol. The van der Waals surface area contributed by atoms with E-state index in [0.29, 0.717) is 11.1 Å². The minimum atomic E-state index is -0.335. The number of carbonyl (C=O) groups is 2. The van der Waals surface area contributed by atoms with E-state index in [1.54, 1.807) is 12.3 Å². The van der Waals surface area contributed by atoms with Crippen molar-refractivity contribution in [3.8, 4) is 0 Å². The van der Waals surface area contributed by atoms with Crippen LogP contribution in [0.5, 0.6) is 0 Å². The van der Waals surface area contributed by atoms with Crippen LogP contribution in [0.3, 0.4) is 0 Å². The van der Waals surface area contributed by atoms with Crippen LogP contribution in [0.25, 0.3) is 10.9 Å². The van der Waals surface area contributed by atoms with Crippen LogP contribution < -0.4 is 10.9 Å². The van der Waals surface area contributed by atoms with E-state index >= 15 is 0 Å². The van der Waals surface area contributed by atoms with Gasteiger partial charge in [0.25, 0.3) is 11.8 Å². The highest BCUT2D eigenvalue weighted by Gasteiger charge is 2.16. The number of hydrogen-bond acceptors (Lipinski definition) is 3. The zero-order chi connectivity index (χ0) is 19.5. The molecule has 6 nitrogen and oxygen atoms in total. The van der Waals surface area contributed by atoms with Crippen LogP contribution in [0, 0.1) is 0 Å². The summed E-state index contributed by atoms with van der Waals surface area (Å²) in [7, 11) is 1.89. The fourth-order valence-electron chi connectivity index (χ4n) is 3.79. The maximum absolute atomic E-state index is 12.6. The molecule has 1 aromatic heterocycles. The molecule has 1 aliphatic heterocycles. The number of likely N-dealkylation sites (tertiary alicyclic amines) is 1. The predicted octanol–water partition coefficient (Wildman–Crippen LogP) is 2.85. The number of para-hydroxylation sites is 1. The van der Waals surface area contributed by atoms with E-state index in [4.69, 9.17) is 0 Å². The number of hydrogen-bond donors (Lipinski definition) is 2. The van der Waals surface area contributed by atoms with Gasteiger partial charge in [-0.25, -0.2) is 0 Å². The Morgan fingerprint density at radius 2 is 1.71 bits per heavy atom. The standard InChI is InChI=1S/C22H24N4O2/c1-25-15-19(18-9-2-3-10-20(18)25)22(28)24-23-21(27)17-8-6-7-16(13-17)14-26-11-4-5-12-26/h2-3,6-10,13,15H,4-5,11-12,14H2,1H3,(H,23,27)(H,24,28). The third-order valence-corrected chi connectivity index (χ3v) is 5.23. The van der Waals surface area contributed by atoms with E-state index in [9.17, 15) is 9.59 Å². The second kappa shape index (κ2) is 7.86. The van der Waals surface area contributed by atoms with E-state index in [1.165, 1.54) is 12.8 Å². The van der Waals surface area contributed by atoms with Gasteiger partial charge in [0.15, 0.2) is 0 Å². The molecule has 0 aliphatic carbocycles. The summed E-state index contributed by atoms with van der Waals surface area (Å²) in [5, 5.41) is 0.851. The molecular weight excluding hydrogens is 352 g/mol. The van der Waals surface area contributed by atoms with Crippen molar-refractivity contribution < 1.29 is 9.59 Å². The summed E-state index contributed by atoms with van der Waals surface area (Å²) in [6.07, 6.45) is 4.24. The van der Waals surface area contributed by atoms with Crippen LogP contribution in [0.4, 0.5) is 0 Å². The summed E-state index contributed by atoms with van der Waals surface area (Å²) in [5.74, 6) is -0.657. The molecule has 144 valence electrons. The molecule has 2 amide bonds. The molecule has 1 fully saturated rings. The molecule has 28 heavy (non-hydrogen) atoms. The van der Waals surface area contributed by atoms with Crippen LogP contribution in [-0.2, 0) is 13.6 Å². The Bertz CT molecular complexity index is 1020. The Balaban J connectivity index is 1.41. The first-order valence-corrected chi connectivity index (χ1v) is 9.58. The lowest BCUT2D eigenvalue weighted by Crippen LogP contribution is -2.41. The number of aromatic nitrogens is 1. The van der Waals surface area contributed by atoms with Crippen molar-refractivity contribution in [3.05, 3.63) is 71.4 Å². The summed E-state index contributed by atoms with van der Waals surface area (Å²) >= 11 is 0. The monoisotopic (exact) mass is 376 g/mol. The molecule has 0 bridgehead atoms. The van der Waals surface area contributed by atoms with Crippen LogP contribution >= 0.6 is 0 Å². The quantitative estimate of drug-likeness (QED) is 0.688. The maximum Gasteiger partial charge on any atom is 0.271 e. The number of hydrazine groups is 1. The highest BCUT2D eigenvalue weighted by molar-refractivity contribution is 6.08. The van der Waals surface area contributed by atoms with Gasteiger partial charge in [0.1, 0.15) is 0 Å². The smallest absolute Gasteiger partial charge is 0.271 e. The Kier molecular flexibility index (Phi) is 5.12. The van der Waals surface area contributed by atoms with Gasteiger partial charge < -0.3 is 4.57 Å². The Hall–Kier alpha value is -3.12. The average molecular weight is 376 g/mol. The molecule has 2 aromatic carbocycles. The fraction of sp³-hybridized carbons (Fsp3) is 0.273. The first kappa shape index (κ1) is 18.3. The highest BCUT2D eigenvalue weighted by atomic mass is 16.2. The summed E-state index contributed by atoms with van der Waals surface area (Å²) in [4.78, 5) is 27.4. The summed E-state index contributed by atoms with van der Waals surface area (Å²) < 4.78 is 1.90. The second-order valence-corrected chi connectivity index (χ2v) is 7.26. The van der Waals surface area contributed by atoms with E-state index in [1.807, 2.05) is 54.1 Å². The summed E-state index contributed by atoms with van der Waals surface area (Å²) in [5.41, 5.74) is 8.20. The minimum Gasteiger partial charge on any atom is -0.350 e. The molecular formula is C22H24N4O2. The van der Waals surface area contributed by atoms with E-state index in [0.717, 1.165) is 36.1 Å². The van der Waals surface area contributed by atoms with E-state index < -0.39 is 0 Å². The van der Waals surface area contributed by atoms with Crippen molar-refractivity contribution in [3.63, 3.8) is 0 Å². The lowest BCUT2D eigenvalue weighted by molar-refractivity contribution is 0.0847. The van der Waals surface area contributed by atoms with Crippen molar-refractivity contribution in [1.82, 2.24) is 20.3 Å². The maximum atomic E-state index is 12.6. The number of aryl methyl sites for hydroxylation is 1. The second-order valence-electron chi connectivity index (χ2n) is 7.26. The van der Waals surface area contributed by atoms with Gasteiger partial charge in [-0.15, -0.1) is 0 Å². The van der Waals surface area contributed by atoms with Gasteiger partial charge in [0.2, 0.25) is 0 Å². The fourth-order valence-corrected chi connectivity index (χ4v) is 3.79. The third kappa shape index (κ3) is 3.77. The Morgan fingerprint density at radius 1 is 0.964 bits per heavy atom.